The zero-order valence-electron chi connectivity index (χ0n) is 19.3. The molecule has 1 N–H and O–H groups in total. The Morgan fingerprint density at radius 3 is 2.53 bits per heavy atom. The van der Waals surface area contributed by atoms with Crippen molar-refractivity contribution in [2.24, 2.45) is 46.3 Å². The van der Waals surface area contributed by atoms with Gasteiger partial charge in [0.25, 0.3) is 0 Å². The Bertz CT molecular complexity index is 670. The van der Waals surface area contributed by atoms with Crippen LogP contribution in [0.3, 0.4) is 0 Å². The predicted molar refractivity (Wildman–Crippen MR) is 115 cm³/mol. The molecule has 0 saturated heterocycles. The maximum absolute atomic E-state index is 12.9. The van der Waals surface area contributed by atoms with E-state index >= 15 is 0 Å². The van der Waals surface area contributed by atoms with Crippen molar-refractivity contribution in [3.05, 3.63) is 11.6 Å². The topological polar surface area (TPSA) is 20.2 Å². The molecule has 4 aliphatic carbocycles. The van der Waals surface area contributed by atoms with Crippen LogP contribution in [0, 0.1) is 46.3 Å². The molecule has 0 heterocycles. The molecule has 0 radical (unpaired) electrons. The van der Waals surface area contributed by atoms with Crippen LogP contribution in [0.2, 0.25) is 0 Å². The Kier molecular flexibility index (Phi) is 5.91. The van der Waals surface area contributed by atoms with Crippen molar-refractivity contribution < 1.29 is 18.3 Å². The minimum Gasteiger partial charge on any atom is -0.393 e. The van der Waals surface area contributed by atoms with Crippen molar-refractivity contribution in [1.82, 2.24) is 0 Å². The van der Waals surface area contributed by atoms with E-state index in [4.69, 9.17) is 0 Å². The third-order valence-corrected chi connectivity index (χ3v) is 10.4. The number of hydrogen-bond donors (Lipinski definition) is 1. The lowest BCUT2D eigenvalue weighted by Gasteiger charge is -2.59. The van der Waals surface area contributed by atoms with Gasteiger partial charge in [-0.25, -0.2) is 0 Å². The van der Waals surface area contributed by atoms with Gasteiger partial charge >= 0.3 is 6.18 Å². The lowest BCUT2D eigenvalue weighted by Crippen LogP contribution is -2.52. The third kappa shape index (κ3) is 3.67. The summed E-state index contributed by atoms with van der Waals surface area (Å²) in [5.41, 5.74) is 2.05. The van der Waals surface area contributed by atoms with Gasteiger partial charge in [-0.15, -0.1) is 0 Å². The molecule has 3 fully saturated rings. The molecule has 4 aliphatic rings. The average Bonchev–Trinajstić information content (AvgIpc) is 2.99. The van der Waals surface area contributed by atoms with Gasteiger partial charge in [0.2, 0.25) is 0 Å². The van der Waals surface area contributed by atoms with E-state index in [1.807, 2.05) is 0 Å². The van der Waals surface area contributed by atoms with Crippen molar-refractivity contribution in [2.75, 3.05) is 0 Å². The van der Waals surface area contributed by atoms with Crippen LogP contribution < -0.4 is 0 Å². The number of aliphatic hydroxyl groups is 1. The number of hydrogen-bond acceptors (Lipinski definition) is 1. The average molecular weight is 427 g/mol. The zero-order chi connectivity index (χ0) is 21.9. The van der Waals surface area contributed by atoms with Crippen LogP contribution in [-0.2, 0) is 0 Å². The summed E-state index contributed by atoms with van der Waals surface area (Å²) < 4.78 is 38.7. The minimum absolute atomic E-state index is 0.170. The molecule has 0 aromatic heterocycles. The monoisotopic (exact) mass is 426 g/mol. The summed E-state index contributed by atoms with van der Waals surface area (Å²) in [6, 6.07) is 0. The lowest BCUT2D eigenvalue weighted by atomic mass is 9.45. The van der Waals surface area contributed by atoms with Gasteiger partial charge in [-0.2, -0.15) is 13.2 Å². The van der Waals surface area contributed by atoms with E-state index in [2.05, 4.69) is 26.8 Å². The number of fused-ring (bicyclic) bond motifs is 5. The second kappa shape index (κ2) is 7.81. The van der Waals surface area contributed by atoms with Gasteiger partial charge in [-0.05, 0) is 98.2 Å². The van der Waals surface area contributed by atoms with Crippen molar-refractivity contribution in [1.29, 1.82) is 0 Å². The summed E-state index contributed by atoms with van der Waals surface area (Å²) in [7, 11) is 0. The molecule has 0 spiro atoms. The Morgan fingerprint density at radius 2 is 1.83 bits per heavy atom. The molecule has 3 saturated carbocycles. The van der Waals surface area contributed by atoms with E-state index in [1.54, 1.807) is 0 Å². The van der Waals surface area contributed by atoms with E-state index < -0.39 is 12.1 Å². The number of aliphatic hydroxyl groups excluding tert-OH is 1. The van der Waals surface area contributed by atoms with E-state index in [1.165, 1.54) is 38.2 Å². The largest absolute Gasteiger partial charge is 0.393 e. The quantitative estimate of drug-likeness (QED) is 0.460. The molecule has 0 aromatic rings. The van der Waals surface area contributed by atoms with E-state index in [0.717, 1.165) is 25.7 Å². The smallest absolute Gasteiger partial charge is 0.391 e. The van der Waals surface area contributed by atoms with Crippen LogP contribution in [0.4, 0.5) is 13.2 Å². The Labute approximate surface area is 180 Å². The maximum Gasteiger partial charge on any atom is 0.391 e. The number of alkyl halides is 3. The summed E-state index contributed by atoms with van der Waals surface area (Å²) in [5.74, 6) is 2.08. The second-order valence-electron chi connectivity index (χ2n) is 11.8. The summed E-state index contributed by atoms with van der Waals surface area (Å²) in [6.07, 6.45) is 8.05. The van der Waals surface area contributed by atoms with Crippen LogP contribution in [0.25, 0.3) is 0 Å². The Morgan fingerprint density at radius 1 is 1.10 bits per heavy atom. The Hall–Kier alpha value is -0.510. The van der Waals surface area contributed by atoms with Gasteiger partial charge in [0.1, 0.15) is 0 Å². The number of halogens is 3. The van der Waals surface area contributed by atoms with Crippen LogP contribution in [0.1, 0.15) is 91.9 Å². The first-order valence-electron chi connectivity index (χ1n) is 12.4. The zero-order valence-corrected chi connectivity index (χ0v) is 19.3. The Balaban J connectivity index is 1.48. The SMILES string of the molecule is CC1C=C2CC(O)CCC2(C)C2CCC3(C)C(CCCC(C)C(F)(F)F)CCC3C12. The maximum atomic E-state index is 12.9. The fourth-order valence-electron chi connectivity index (χ4n) is 8.41. The van der Waals surface area contributed by atoms with Gasteiger partial charge < -0.3 is 5.11 Å². The molecule has 4 heteroatoms. The third-order valence-electron chi connectivity index (χ3n) is 10.4. The van der Waals surface area contributed by atoms with Crippen LogP contribution in [0.5, 0.6) is 0 Å². The molecule has 0 amide bonds. The first-order valence-corrected chi connectivity index (χ1v) is 12.4. The van der Waals surface area contributed by atoms with Crippen LogP contribution in [-0.4, -0.2) is 17.4 Å². The summed E-state index contributed by atoms with van der Waals surface area (Å²) in [5, 5.41) is 10.2. The molecular weight excluding hydrogens is 385 g/mol. The molecule has 1 nitrogen and oxygen atoms in total. The van der Waals surface area contributed by atoms with E-state index in [-0.39, 0.29) is 17.9 Å². The fourth-order valence-corrected chi connectivity index (χ4v) is 8.41. The highest BCUT2D eigenvalue weighted by Crippen LogP contribution is 2.67. The van der Waals surface area contributed by atoms with E-state index in [9.17, 15) is 18.3 Å². The van der Waals surface area contributed by atoms with Gasteiger partial charge in [0.15, 0.2) is 0 Å². The van der Waals surface area contributed by atoms with Crippen LogP contribution in [0.15, 0.2) is 11.6 Å². The molecule has 9 unspecified atom stereocenters. The molecule has 0 bridgehead atoms. The highest BCUT2D eigenvalue weighted by atomic mass is 19.4. The summed E-state index contributed by atoms with van der Waals surface area (Å²) >= 11 is 0. The van der Waals surface area contributed by atoms with Gasteiger partial charge in [0.05, 0.1) is 12.0 Å². The van der Waals surface area contributed by atoms with Crippen molar-refractivity contribution >= 4 is 0 Å². The molecule has 0 aromatic carbocycles. The number of rotatable bonds is 4. The fraction of sp³-hybridized carbons (Fsp3) is 0.923. The van der Waals surface area contributed by atoms with Crippen molar-refractivity contribution in [3.8, 4) is 0 Å². The molecule has 9 atom stereocenters. The molecule has 4 rings (SSSR count). The van der Waals surface area contributed by atoms with Gasteiger partial charge in [-0.1, -0.05) is 45.8 Å². The first kappa shape index (κ1) is 22.7. The molecular formula is C26H41F3O. The predicted octanol–water partition coefficient (Wildman–Crippen LogP) is 7.54. The molecule has 0 aliphatic heterocycles. The van der Waals surface area contributed by atoms with Crippen molar-refractivity contribution in [3.63, 3.8) is 0 Å². The summed E-state index contributed by atoms with van der Waals surface area (Å²) in [6.45, 7) is 8.65. The standard InChI is InChI=1S/C26H41F3O/c1-16-14-19-15-20(30)10-12-25(19,4)22-11-13-24(3)18(8-9-21(24)23(16)22)7-5-6-17(2)26(27,28)29/h14,16-18,20-23,30H,5-13,15H2,1-4H3. The van der Waals surface area contributed by atoms with Crippen LogP contribution >= 0.6 is 0 Å². The summed E-state index contributed by atoms with van der Waals surface area (Å²) in [4.78, 5) is 0. The van der Waals surface area contributed by atoms with Crippen molar-refractivity contribution in [2.45, 2.75) is 104 Å². The highest BCUT2D eigenvalue weighted by Gasteiger charge is 2.59. The van der Waals surface area contributed by atoms with Gasteiger partial charge in [0, 0.05) is 0 Å². The first-order chi connectivity index (χ1) is 14.0. The number of allylic oxidation sites excluding steroid dienone is 1. The molecule has 30 heavy (non-hydrogen) atoms. The highest BCUT2D eigenvalue weighted by molar-refractivity contribution is 5.26. The van der Waals surface area contributed by atoms with Gasteiger partial charge in [-0.3, -0.25) is 0 Å². The second-order valence-corrected chi connectivity index (χ2v) is 11.8. The normalized spacial score (nSPS) is 47.1. The van der Waals surface area contributed by atoms with E-state index in [0.29, 0.717) is 41.4 Å². The lowest BCUT2D eigenvalue weighted by molar-refractivity contribution is -0.171. The molecule has 172 valence electrons. The minimum atomic E-state index is -4.05.